The summed E-state index contributed by atoms with van der Waals surface area (Å²) in [4.78, 5) is 0. The molecule has 2 rings (SSSR count). The molecule has 2 aromatic carbocycles. The van der Waals surface area contributed by atoms with Crippen LogP contribution < -0.4 is 10.5 Å². The minimum Gasteiger partial charge on any atom is -0.494 e. The van der Waals surface area contributed by atoms with Crippen molar-refractivity contribution in [2.75, 3.05) is 7.11 Å². The second kappa shape index (κ2) is 6.34. The van der Waals surface area contributed by atoms with Gasteiger partial charge < -0.3 is 10.5 Å². The molecule has 0 aliphatic heterocycles. The molecule has 2 N–H and O–H groups in total. The molecule has 0 amide bonds. The van der Waals surface area contributed by atoms with Crippen molar-refractivity contribution >= 4 is 22.6 Å². The molecular formula is C15H15FINO. The van der Waals surface area contributed by atoms with E-state index in [1.54, 1.807) is 6.07 Å². The molecule has 0 heterocycles. The van der Waals surface area contributed by atoms with E-state index in [0.717, 1.165) is 14.7 Å². The molecule has 0 saturated carbocycles. The lowest BCUT2D eigenvalue weighted by Gasteiger charge is -2.14. The Bertz CT molecular complexity index is 574. The van der Waals surface area contributed by atoms with E-state index in [-0.39, 0.29) is 17.6 Å². The van der Waals surface area contributed by atoms with E-state index in [1.165, 1.54) is 13.2 Å². The Morgan fingerprint density at radius 2 is 2.00 bits per heavy atom. The van der Waals surface area contributed by atoms with Crippen molar-refractivity contribution in [3.8, 4) is 5.75 Å². The van der Waals surface area contributed by atoms with Gasteiger partial charge in [-0.25, -0.2) is 4.39 Å². The zero-order valence-corrected chi connectivity index (χ0v) is 12.7. The average molecular weight is 371 g/mol. The molecule has 100 valence electrons. The number of hydrogen-bond acceptors (Lipinski definition) is 2. The van der Waals surface area contributed by atoms with Crippen LogP contribution in [0.3, 0.4) is 0 Å². The van der Waals surface area contributed by atoms with Crippen molar-refractivity contribution in [3.05, 3.63) is 63.0 Å². The number of rotatable bonds is 4. The van der Waals surface area contributed by atoms with Gasteiger partial charge in [0.05, 0.1) is 7.11 Å². The van der Waals surface area contributed by atoms with Crippen LogP contribution in [0.15, 0.2) is 42.5 Å². The average Bonchev–Trinajstić information content (AvgIpc) is 2.39. The molecule has 2 nitrogen and oxygen atoms in total. The van der Waals surface area contributed by atoms with E-state index in [9.17, 15) is 4.39 Å². The summed E-state index contributed by atoms with van der Waals surface area (Å²) in [5.74, 6) is -0.0958. The fourth-order valence-electron chi connectivity index (χ4n) is 1.98. The molecule has 0 aliphatic rings. The van der Waals surface area contributed by atoms with Crippen LogP contribution in [0.25, 0.3) is 0 Å². The van der Waals surface area contributed by atoms with Gasteiger partial charge in [-0.3, -0.25) is 0 Å². The van der Waals surface area contributed by atoms with Crippen molar-refractivity contribution in [1.29, 1.82) is 0 Å². The molecule has 2 aromatic rings. The van der Waals surface area contributed by atoms with E-state index >= 15 is 0 Å². The lowest BCUT2D eigenvalue weighted by atomic mass is 9.99. The molecule has 4 heteroatoms. The summed E-state index contributed by atoms with van der Waals surface area (Å²) in [7, 11) is 1.45. The van der Waals surface area contributed by atoms with Crippen LogP contribution in [0.4, 0.5) is 4.39 Å². The van der Waals surface area contributed by atoms with Gasteiger partial charge in [0.25, 0.3) is 0 Å². The molecule has 19 heavy (non-hydrogen) atoms. The molecule has 0 bridgehead atoms. The van der Waals surface area contributed by atoms with Gasteiger partial charge in [-0.05, 0) is 58.3 Å². The maximum atomic E-state index is 13.6. The molecule has 1 unspecified atom stereocenters. The van der Waals surface area contributed by atoms with Gasteiger partial charge in [0.15, 0.2) is 11.6 Å². The van der Waals surface area contributed by atoms with Gasteiger partial charge in [-0.15, -0.1) is 0 Å². The van der Waals surface area contributed by atoms with Gasteiger partial charge in [0, 0.05) is 9.61 Å². The van der Waals surface area contributed by atoms with Crippen LogP contribution in [-0.2, 0) is 6.42 Å². The predicted octanol–water partition coefficient (Wildman–Crippen LogP) is 3.68. The fourth-order valence-corrected chi connectivity index (χ4v) is 2.76. The predicted molar refractivity (Wildman–Crippen MR) is 82.7 cm³/mol. The molecule has 0 spiro atoms. The Balaban J connectivity index is 2.17. The van der Waals surface area contributed by atoms with Crippen LogP contribution in [0, 0.1) is 9.39 Å². The van der Waals surface area contributed by atoms with Crippen LogP contribution in [0.2, 0.25) is 0 Å². The number of benzene rings is 2. The van der Waals surface area contributed by atoms with Gasteiger partial charge in [0.1, 0.15) is 0 Å². The van der Waals surface area contributed by atoms with E-state index in [0.29, 0.717) is 6.42 Å². The first-order chi connectivity index (χ1) is 9.11. The van der Waals surface area contributed by atoms with Crippen molar-refractivity contribution in [3.63, 3.8) is 0 Å². The zero-order valence-electron chi connectivity index (χ0n) is 10.6. The lowest BCUT2D eigenvalue weighted by molar-refractivity contribution is 0.386. The van der Waals surface area contributed by atoms with E-state index < -0.39 is 0 Å². The monoisotopic (exact) mass is 371 g/mol. The zero-order chi connectivity index (χ0) is 13.8. The number of ether oxygens (including phenoxy) is 1. The summed E-state index contributed by atoms with van der Waals surface area (Å²) in [6.45, 7) is 0. The summed E-state index contributed by atoms with van der Waals surface area (Å²) in [6, 6.07) is 12.8. The summed E-state index contributed by atoms with van der Waals surface area (Å²) in [5, 5.41) is 0. The normalized spacial score (nSPS) is 12.2. The first-order valence-electron chi connectivity index (χ1n) is 5.94. The first kappa shape index (κ1) is 14.3. The number of nitrogens with two attached hydrogens (primary N) is 1. The highest BCUT2D eigenvalue weighted by Crippen LogP contribution is 2.24. The second-order valence-electron chi connectivity index (χ2n) is 4.30. The minimum absolute atomic E-state index is 0.138. The summed E-state index contributed by atoms with van der Waals surface area (Å²) >= 11 is 2.26. The van der Waals surface area contributed by atoms with E-state index in [1.807, 2.05) is 30.3 Å². The molecule has 0 saturated heterocycles. The van der Waals surface area contributed by atoms with Crippen molar-refractivity contribution in [1.82, 2.24) is 0 Å². The van der Waals surface area contributed by atoms with Gasteiger partial charge >= 0.3 is 0 Å². The number of hydrogen-bond donors (Lipinski definition) is 1. The molecule has 0 aromatic heterocycles. The number of methoxy groups -OCH3 is 1. The third-order valence-corrected chi connectivity index (χ3v) is 3.96. The quantitative estimate of drug-likeness (QED) is 0.833. The SMILES string of the molecule is COc1ccc(CC(N)c2ccccc2I)cc1F. The molecule has 1 atom stereocenters. The summed E-state index contributed by atoms with van der Waals surface area (Å²) < 4.78 is 19.6. The van der Waals surface area contributed by atoms with E-state index in [2.05, 4.69) is 22.6 Å². The maximum Gasteiger partial charge on any atom is 0.165 e. The smallest absolute Gasteiger partial charge is 0.165 e. The third kappa shape index (κ3) is 3.45. The Hall–Kier alpha value is -1.14. The molecule has 0 aliphatic carbocycles. The van der Waals surface area contributed by atoms with E-state index in [4.69, 9.17) is 10.5 Å². The molecule has 0 fully saturated rings. The Morgan fingerprint density at radius 1 is 1.26 bits per heavy atom. The van der Waals surface area contributed by atoms with Gasteiger partial charge in [-0.1, -0.05) is 24.3 Å². The molecule has 0 radical (unpaired) electrons. The van der Waals surface area contributed by atoms with Gasteiger partial charge in [-0.2, -0.15) is 0 Å². The first-order valence-corrected chi connectivity index (χ1v) is 7.02. The highest BCUT2D eigenvalue weighted by atomic mass is 127. The van der Waals surface area contributed by atoms with Crippen molar-refractivity contribution in [2.24, 2.45) is 5.73 Å². The highest BCUT2D eigenvalue weighted by molar-refractivity contribution is 14.1. The van der Waals surface area contributed by atoms with Crippen molar-refractivity contribution < 1.29 is 9.13 Å². The lowest BCUT2D eigenvalue weighted by Crippen LogP contribution is -2.14. The topological polar surface area (TPSA) is 35.2 Å². The van der Waals surface area contributed by atoms with Crippen LogP contribution >= 0.6 is 22.6 Å². The summed E-state index contributed by atoms with van der Waals surface area (Å²) in [6.07, 6.45) is 0.598. The summed E-state index contributed by atoms with van der Waals surface area (Å²) in [5.41, 5.74) is 8.14. The Kier molecular flexibility index (Phi) is 4.76. The maximum absolute atomic E-state index is 13.6. The third-order valence-electron chi connectivity index (χ3n) is 2.98. The second-order valence-corrected chi connectivity index (χ2v) is 5.46. The minimum atomic E-state index is -0.352. The fraction of sp³-hybridized carbons (Fsp3) is 0.200. The van der Waals surface area contributed by atoms with Crippen LogP contribution in [-0.4, -0.2) is 7.11 Å². The largest absolute Gasteiger partial charge is 0.494 e. The van der Waals surface area contributed by atoms with Crippen LogP contribution in [0.5, 0.6) is 5.75 Å². The van der Waals surface area contributed by atoms with Gasteiger partial charge in [0.2, 0.25) is 0 Å². The van der Waals surface area contributed by atoms with Crippen LogP contribution in [0.1, 0.15) is 17.2 Å². The highest BCUT2D eigenvalue weighted by Gasteiger charge is 2.11. The Labute approximate surface area is 125 Å². The molecular weight excluding hydrogens is 356 g/mol. The Morgan fingerprint density at radius 3 is 2.63 bits per heavy atom. The van der Waals surface area contributed by atoms with Crippen molar-refractivity contribution in [2.45, 2.75) is 12.5 Å². The standard InChI is InChI=1S/C15H15FINO/c1-19-15-7-6-10(8-12(15)16)9-14(18)11-4-2-3-5-13(11)17/h2-8,14H,9,18H2,1H3. The number of halogens is 2.